The van der Waals surface area contributed by atoms with Gasteiger partial charge in [0.2, 0.25) is 5.91 Å². The van der Waals surface area contributed by atoms with Gasteiger partial charge in [-0.15, -0.1) is 12.4 Å². The number of hydrogen-bond acceptors (Lipinski definition) is 2. The van der Waals surface area contributed by atoms with E-state index in [4.69, 9.17) is 0 Å². The van der Waals surface area contributed by atoms with E-state index in [-0.39, 0.29) is 23.9 Å². The molecule has 1 aliphatic heterocycles. The van der Waals surface area contributed by atoms with Crippen molar-refractivity contribution in [1.29, 1.82) is 0 Å². The van der Waals surface area contributed by atoms with Crippen LogP contribution in [0.3, 0.4) is 0 Å². The van der Waals surface area contributed by atoms with Crippen molar-refractivity contribution in [3.63, 3.8) is 0 Å². The molecular weight excluding hydrogens is 176 g/mol. The summed E-state index contributed by atoms with van der Waals surface area (Å²) < 4.78 is 0. The molecule has 0 unspecified atom stereocenters. The minimum Gasteiger partial charge on any atom is -0.348 e. The minimum absolute atomic E-state index is 0. The molecule has 2 fully saturated rings. The molecule has 0 aromatic heterocycles. The highest BCUT2D eigenvalue weighted by Crippen LogP contribution is 2.29. The van der Waals surface area contributed by atoms with Gasteiger partial charge in [-0.25, -0.2) is 0 Å². The van der Waals surface area contributed by atoms with Crippen molar-refractivity contribution in [3.05, 3.63) is 0 Å². The lowest BCUT2D eigenvalue weighted by Gasteiger charge is -2.34. The van der Waals surface area contributed by atoms with Crippen LogP contribution >= 0.6 is 12.4 Å². The van der Waals surface area contributed by atoms with Crippen molar-refractivity contribution in [2.24, 2.45) is 0 Å². The summed E-state index contributed by atoms with van der Waals surface area (Å²) in [5.74, 6) is 0.165. The Labute approximate surface area is 78.7 Å². The van der Waals surface area contributed by atoms with Crippen molar-refractivity contribution < 1.29 is 4.79 Å². The molecule has 1 aliphatic carbocycles. The van der Waals surface area contributed by atoms with Crippen LogP contribution < -0.4 is 10.6 Å². The van der Waals surface area contributed by atoms with Gasteiger partial charge in [-0.3, -0.25) is 4.79 Å². The quantitative estimate of drug-likeness (QED) is 0.582. The van der Waals surface area contributed by atoms with E-state index in [0.29, 0.717) is 6.54 Å². The van der Waals surface area contributed by atoms with E-state index in [0.717, 1.165) is 19.4 Å². The molecule has 70 valence electrons. The van der Waals surface area contributed by atoms with Crippen LogP contribution in [0.2, 0.25) is 0 Å². The Morgan fingerprint density at radius 1 is 1.25 bits per heavy atom. The largest absolute Gasteiger partial charge is 0.348 e. The smallest absolute Gasteiger partial charge is 0.234 e. The topological polar surface area (TPSA) is 41.1 Å². The number of halogens is 1. The van der Waals surface area contributed by atoms with E-state index in [1.54, 1.807) is 0 Å². The molecule has 0 bridgehead atoms. The third-order valence-corrected chi connectivity index (χ3v) is 2.71. The molecule has 3 nitrogen and oxygen atoms in total. The van der Waals surface area contributed by atoms with Crippen LogP contribution in [0.25, 0.3) is 0 Å². The van der Waals surface area contributed by atoms with Crippen molar-refractivity contribution in [3.8, 4) is 0 Å². The van der Waals surface area contributed by atoms with Gasteiger partial charge in [0.05, 0.1) is 12.1 Å². The molecule has 1 heterocycles. The maximum atomic E-state index is 11.1. The van der Waals surface area contributed by atoms with Gasteiger partial charge in [-0.1, -0.05) is 12.8 Å². The SMILES string of the molecule is Cl.O=C1CNCC2(CCCC2)N1. The summed E-state index contributed by atoms with van der Waals surface area (Å²) in [6.45, 7) is 1.47. The van der Waals surface area contributed by atoms with Gasteiger partial charge in [0.1, 0.15) is 0 Å². The highest BCUT2D eigenvalue weighted by atomic mass is 35.5. The Hall–Kier alpha value is -0.280. The average Bonchev–Trinajstić information content (AvgIpc) is 2.37. The fourth-order valence-corrected chi connectivity index (χ4v) is 2.15. The van der Waals surface area contributed by atoms with Gasteiger partial charge in [0, 0.05) is 6.54 Å². The minimum atomic E-state index is 0. The predicted octanol–water partition coefficient (Wildman–Crippen LogP) is 0.440. The second-order valence-electron chi connectivity index (χ2n) is 3.64. The molecule has 4 heteroatoms. The summed E-state index contributed by atoms with van der Waals surface area (Å²) in [4.78, 5) is 11.1. The van der Waals surface area contributed by atoms with Crippen LogP contribution in [-0.4, -0.2) is 24.5 Å². The Morgan fingerprint density at radius 2 is 1.92 bits per heavy atom. The standard InChI is InChI=1S/C8H14N2O.ClH/c11-7-5-9-6-8(10-7)3-1-2-4-8;/h9H,1-6H2,(H,10,11);1H. The van der Waals surface area contributed by atoms with Gasteiger partial charge in [0.25, 0.3) is 0 Å². The fourth-order valence-electron chi connectivity index (χ4n) is 2.15. The lowest BCUT2D eigenvalue weighted by Crippen LogP contribution is -2.60. The first-order chi connectivity index (χ1) is 5.31. The van der Waals surface area contributed by atoms with Gasteiger partial charge in [-0.2, -0.15) is 0 Å². The molecule has 0 aromatic carbocycles. The first-order valence-corrected chi connectivity index (χ1v) is 4.33. The van der Waals surface area contributed by atoms with Crippen LogP contribution in [0.15, 0.2) is 0 Å². The molecule has 1 saturated heterocycles. The molecule has 12 heavy (non-hydrogen) atoms. The highest BCUT2D eigenvalue weighted by molar-refractivity contribution is 5.85. The van der Waals surface area contributed by atoms with Crippen LogP contribution in [0.4, 0.5) is 0 Å². The van der Waals surface area contributed by atoms with E-state index in [1.165, 1.54) is 12.8 Å². The first-order valence-electron chi connectivity index (χ1n) is 4.33. The second kappa shape index (κ2) is 3.62. The third-order valence-electron chi connectivity index (χ3n) is 2.71. The molecule has 2 N–H and O–H groups in total. The second-order valence-corrected chi connectivity index (χ2v) is 3.64. The molecule has 2 aliphatic rings. The number of rotatable bonds is 0. The van der Waals surface area contributed by atoms with E-state index >= 15 is 0 Å². The van der Waals surface area contributed by atoms with Gasteiger partial charge < -0.3 is 10.6 Å². The van der Waals surface area contributed by atoms with E-state index in [1.807, 2.05) is 0 Å². The number of nitrogens with one attached hydrogen (secondary N) is 2. The molecule has 1 spiro atoms. The van der Waals surface area contributed by atoms with Crippen LogP contribution in [-0.2, 0) is 4.79 Å². The number of hydrogen-bond donors (Lipinski definition) is 2. The summed E-state index contributed by atoms with van der Waals surface area (Å²) in [6.07, 6.45) is 4.85. The summed E-state index contributed by atoms with van der Waals surface area (Å²) >= 11 is 0. The van der Waals surface area contributed by atoms with Crippen molar-refractivity contribution in [2.75, 3.05) is 13.1 Å². The lowest BCUT2D eigenvalue weighted by molar-refractivity contribution is -0.123. The molecular formula is C8H15ClN2O. The van der Waals surface area contributed by atoms with Crippen molar-refractivity contribution in [2.45, 2.75) is 31.2 Å². The molecule has 0 aromatic rings. The Bertz CT molecular complexity index is 178. The van der Waals surface area contributed by atoms with Gasteiger partial charge in [-0.05, 0) is 12.8 Å². The molecule has 0 atom stereocenters. The first kappa shape index (κ1) is 9.81. The van der Waals surface area contributed by atoms with Crippen molar-refractivity contribution >= 4 is 18.3 Å². The van der Waals surface area contributed by atoms with Gasteiger partial charge >= 0.3 is 0 Å². The summed E-state index contributed by atoms with van der Waals surface area (Å²) in [7, 11) is 0. The zero-order valence-corrected chi connectivity index (χ0v) is 7.88. The predicted molar refractivity (Wildman–Crippen MR) is 49.5 cm³/mol. The summed E-state index contributed by atoms with van der Waals surface area (Å²) in [5, 5.41) is 6.25. The number of carbonyl (C=O) groups excluding carboxylic acids is 1. The van der Waals surface area contributed by atoms with Gasteiger partial charge in [0.15, 0.2) is 0 Å². The van der Waals surface area contributed by atoms with Crippen LogP contribution in [0.1, 0.15) is 25.7 Å². The summed E-state index contributed by atoms with van der Waals surface area (Å²) in [6, 6.07) is 0. The maximum absolute atomic E-state index is 11.1. The summed E-state index contributed by atoms with van der Waals surface area (Å²) in [5.41, 5.74) is 0.134. The molecule has 1 amide bonds. The zero-order chi connectivity index (χ0) is 7.73. The Kier molecular flexibility index (Phi) is 2.96. The van der Waals surface area contributed by atoms with Crippen LogP contribution in [0, 0.1) is 0 Å². The number of piperazine rings is 1. The monoisotopic (exact) mass is 190 g/mol. The fraction of sp³-hybridized carbons (Fsp3) is 0.875. The Morgan fingerprint density at radius 3 is 2.50 bits per heavy atom. The zero-order valence-electron chi connectivity index (χ0n) is 7.06. The average molecular weight is 191 g/mol. The lowest BCUT2D eigenvalue weighted by atomic mass is 9.96. The van der Waals surface area contributed by atoms with E-state index in [9.17, 15) is 4.79 Å². The van der Waals surface area contributed by atoms with Crippen LogP contribution in [0.5, 0.6) is 0 Å². The van der Waals surface area contributed by atoms with Crippen molar-refractivity contribution in [1.82, 2.24) is 10.6 Å². The molecule has 1 saturated carbocycles. The number of carbonyl (C=O) groups is 1. The molecule has 2 rings (SSSR count). The maximum Gasteiger partial charge on any atom is 0.234 e. The van der Waals surface area contributed by atoms with E-state index in [2.05, 4.69) is 10.6 Å². The Balaban J connectivity index is 0.000000720. The highest BCUT2D eigenvalue weighted by Gasteiger charge is 2.37. The molecule has 0 radical (unpaired) electrons. The normalized spacial score (nSPS) is 26.5. The van der Waals surface area contributed by atoms with E-state index < -0.39 is 0 Å². The third kappa shape index (κ3) is 1.72. The number of amides is 1.